The zero-order valence-corrected chi connectivity index (χ0v) is 20.6. The van der Waals surface area contributed by atoms with Gasteiger partial charge in [0.25, 0.3) is 10.2 Å². The van der Waals surface area contributed by atoms with Crippen LogP contribution in [0.4, 0.5) is 0 Å². The van der Waals surface area contributed by atoms with Crippen LogP contribution >= 0.6 is 0 Å². The van der Waals surface area contributed by atoms with Crippen LogP contribution < -0.4 is 14.2 Å². The van der Waals surface area contributed by atoms with Gasteiger partial charge in [-0.3, -0.25) is 4.79 Å². The van der Waals surface area contributed by atoms with Gasteiger partial charge in [-0.05, 0) is 77.9 Å². The number of aliphatic carboxylic acids is 1. The smallest absolute Gasteiger partial charge is 0.321 e. The quantitative estimate of drug-likeness (QED) is 0.463. The third kappa shape index (κ3) is 6.11. The van der Waals surface area contributed by atoms with Crippen LogP contribution in [0.1, 0.15) is 36.8 Å². The summed E-state index contributed by atoms with van der Waals surface area (Å²) in [6.45, 7) is 2.46. The maximum Gasteiger partial charge on any atom is 0.321 e. The number of fused-ring (bicyclic) bond motifs is 1. The van der Waals surface area contributed by atoms with Crippen LogP contribution in [0, 0.1) is 0 Å². The normalized spacial score (nSPS) is 16.2. The number of hydrogen-bond donors (Lipinski definition) is 2. The minimum Gasteiger partial charge on any atom is -0.497 e. The number of hydrogen-bond acceptors (Lipinski definition) is 5. The molecule has 2 N–H and O–H groups in total. The summed E-state index contributed by atoms with van der Waals surface area (Å²) in [5.41, 5.74) is 2.21. The number of piperidine rings is 1. The molecule has 0 radical (unpaired) electrons. The highest BCUT2D eigenvalue weighted by Crippen LogP contribution is 2.30. The van der Waals surface area contributed by atoms with E-state index < -0.39 is 22.2 Å². The van der Waals surface area contributed by atoms with Gasteiger partial charge in [-0.2, -0.15) is 17.4 Å². The summed E-state index contributed by atoms with van der Waals surface area (Å²) >= 11 is 0. The van der Waals surface area contributed by atoms with Crippen molar-refractivity contribution in [3.63, 3.8) is 0 Å². The molecule has 0 bridgehead atoms. The minimum atomic E-state index is -3.81. The van der Waals surface area contributed by atoms with E-state index in [0.29, 0.717) is 32.5 Å². The standard InChI is InChI=1S/C26H30N2O6S/c1-18(26(29)30)27-35(31,32)28-13-11-21(12-14-28)20-5-8-24(9-6-20)34-17-19-3-4-23-16-25(33-2)10-7-22(23)15-19/h3-10,15-16,18,21,27H,11-14,17H2,1-2H3,(H,29,30). The number of rotatable bonds is 9. The predicted molar refractivity (Wildman–Crippen MR) is 134 cm³/mol. The molecule has 3 aromatic rings. The van der Waals surface area contributed by atoms with Gasteiger partial charge in [-0.15, -0.1) is 0 Å². The molecule has 4 rings (SSSR count). The van der Waals surface area contributed by atoms with Crippen molar-refractivity contribution in [1.82, 2.24) is 9.03 Å². The Hall–Kier alpha value is -3.14. The van der Waals surface area contributed by atoms with Gasteiger partial charge in [-0.25, -0.2) is 0 Å². The highest BCUT2D eigenvalue weighted by molar-refractivity contribution is 7.87. The zero-order valence-electron chi connectivity index (χ0n) is 19.8. The summed E-state index contributed by atoms with van der Waals surface area (Å²) in [7, 11) is -2.16. The fourth-order valence-electron chi connectivity index (χ4n) is 4.27. The van der Waals surface area contributed by atoms with Gasteiger partial charge < -0.3 is 14.6 Å². The highest BCUT2D eigenvalue weighted by atomic mass is 32.2. The molecule has 1 saturated heterocycles. The molecule has 1 unspecified atom stereocenters. The SMILES string of the molecule is COc1ccc2cc(COc3ccc(C4CCN(S(=O)(=O)NC(C)C(=O)O)CC4)cc3)ccc2c1. The lowest BCUT2D eigenvalue weighted by atomic mass is 9.90. The number of carboxylic acids is 1. The molecule has 1 heterocycles. The molecule has 8 nitrogen and oxygen atoms in total. The van der Waals surface area contributed by atoms with Gasteiger partial charge >= 0.3 is 5.97 Å². The number of carbonyl (C=O) groups is 1. The Labute approximate surface area is 205 Å². The fourth-order valence-corrected chi connectivity index (χ4v) is 5.66. The third-order valence-corrected chi connectivity index (χ3v) is 8.06. The van der Waals surface area contributed by atoms with Crippen LogP contribution in [0.15, 0.2) is 60.7 Å². The highest BCUT2D eigenvalue weighted by Gasteiger charge is 2.30. The van der Waals surface area contributed by atoms with Crippen LogP contribution in [0.25, 0.3) is 10.8 Å². The number of methoxy groups -OCH3 is 1. The molecule has 0 amide bonds. The zero-order chi connectivity index (χ0) is 25.0. The molecule has 1 fully saturated rings. The Balaban J connectivity index is 1.31. The number of benzene rings is 3. The molecule has 9 heteroatoms. The summed E-state index contributed by atoms with van der Waals surface area (Å²) < 4.78 is 39.6. The van der Waals surface area contributed by atoms with E-state index in [1.54, 1.807) is 7.11 Å². The lowest BCUT2D eigenvalue weighted by Gasteiger charge is -2.32. The molecule has 186 valence electrons. The van der Waals surface area contributed by atoms with Crippen LogP contribution in [-0.4, -0.2) is 50.0 Å². The number of nitrogens with zero attached hydrogens (tertiary/aromatic N) is 1. The first-order valence-electron chi connectivity index (χ1n) is 11.5. The van der Waals surface area contributed by atoms with Crippen molar-refractivity contribution in [2.45, 2.75) is 38.3 Å². The van der Waals surface area contributed by atoms with Gasteiger partial charge in [0.1, 0.15) is 24.1 Å². The first-order chi connectivity index (χ1) is 16.7. The van der Waals surface area contributed by atoms with Gasteiger partial charge in [0.2, 0.25) is 0 Å². The molecular weight excluding hydrogens is 468 g/mol. The molecule has 0 aliphatic carbocycles. The summed E-state index contributed by atoms with van der Waals surface area (Å²) in [4.78, 5) is 11.0. The molecule has 1 aliphatic heterocycles. The Bertz CT molecular complexity index is 1280. The first-order valence-corrected chi connectivity index (χ1v) is 13.0. The van der Waals surface area contributed by atoms with E-state index in [-0.39, 0.29) is 5.92 Å². The van der Waals surface area contributed by atoms with Gasteiger partial charge in [0.15, 0.2) is 0 Å². The molecule has 3 aromatic carbocycles. The maximum atomic E-state index is 12.4. The van der Waals surface area contributed by atoms with E-state index in [1.165, 1.54) is 11.2 Å². The van der Waals surface area contributed by atoms with Crippen molar-refractivity contribution >= 4 is 27.0 Å². The first kappa shape index (κ1) is 25.0. The lowest BCUT2D eigenvalue weighted by Crippen LogP contribution is -2.49. The monoisotopic (exact) mass is 498 g/mol. The Kier molecular flexibility index (Phi) is 7.59. The van der Waals surface area contributed by atoms with E-state index in [4.69, 9.17) is 14.6 Å². The number of carboxylic acid groups (broad SMARTS) is 1. The lowest BCUT2D eigenvalue weighted by molar-refractivity contribution is -0.138. The van der Waals surface area contributed by atoms with Crippen molar-refractivity contribution in [2.24, 2.45) is 0 Å². The molecule has 0 aromatic heterocycles. The van der Waals surface area contributed by atoms with Crippen molar-refractivity contribution in [2.75, 3.05) is 20.2 Å². The Morgan fingerprint density at radius 2 is 1.66 bits per heavy atom. The predicted octanol–water partition coefficient (Wildman–Crippen LogP) is 3.91. The van der Waals surface area contributed by atoms with Gasteiger partial charge in [-0.1, -0.05) is 30.3 Å². The van der Waals surface area contributed by atoms with E-state index >= 15 is 0 Å². The van der Waals surface area contributed by atoms with Crippen molar-refractivity contribution < 1.29 is 27.8 Å². The van der Waals surface area contributed by atoms with Crippen molar-refractivity contribution in [3.05, 3.63) is 71.8 Å². The van der Waals surface area contributed by atoms with E-state index in [2.05, 4.69) is 16.9 Å². The van der Waals surface area contributed by atoms with Crippen LogP contribution in [0.5, 0.6) is 11.5 Å². The topological polar surface area (TPSA) is 105 Å². The summed E-state index contributed by atoms with van der Waals surface area (Å²) in [6.07, 6.45) is 1.34. The van der Waals surface area contributed by atoms with Crippen molar-refractivity contribution in [3.8, 4) is 11.5 Å². The molecule has 35 heavy (non-hydrogen) atoms. The van der Waals surface area contributed by atoms with Crippen LogP contribution in [0.2, 0.25) is 0 Å². The van der Waals surface area contributed by atoms with Crippen LogP contribution in [-0.2, 0) is 21.6 Å². The second kappa shape index (κ2) is 10.6. The molecule has 1 aliphatic rings. The number of nitrogens with one attached hydrogen (secondary N) is 1. The van der Waals surface area contributed by atoms with E-state index in [0.717, 1.165) is 33.4 Å². The largest absolute Gasteiger partial charge is 0.497 e. The Morgan fingerprint density at radius 3 is 2.31 bits per heavy atom. The second-order valence-corrected chi connectivity index (χ2v) is 10.5. The Morgan fingerprint density at radius 1 is 1.03 bits per heavy atom. The summed E-state index contributed by atoms with van der Waals surface area (Å²) in [6, 6.07) is 19.0. The second-order valence-electron chi connectivity index (χ2n) is 8.76. The summed E-state index contributed by atoms with van der Waals surface area (Å²) in [5.74, 6) is 0.644. The molecule has 0 saturated carbocycles. The minimum absolute atomic E-state index is 0.241. The molecule has 1 atom stereocenters. The number of ether oxygens (including phenoxy) is 2. The average Bonchev–Trinajstić information content (AvgIpc) is 2.87. The molecule has 0 spiro atoms. The van der Waals surface area contributed by atoms with E-state index in [9.17, 15) is 13.2 Å². The van der Waals surface area contributed by atoms with Crippen LogP contribution in [0.3, 0.4) is 0 Å². The van der Waals surface area contributed by atoms with E-state index in [1.807, 2.05) is 48.5 Å². The van der Waals surface area contributed by atoms with Gasteiger partial charge in [0, 0.05) is 13.1 Å². The average molecular weight is 499 g/mol. The maximum absolute atomic E-state index is 12.4. The fraction of sp³-hybridized carbons (Fsp3) is 0.346. The van der Waals surface area contributed by atoms with Crippen molar-refractivity contribution in [1.29, 1.82) is 0 Å². The summed E-state index contributed by atoms with van der Waals surface area (Å²) in [5, 5.41) is 11.2. The van der Waals surface area contributed by atoms with Gasteiger partial charge in [0.05, 0.1) is 7.11 Å². The molecular formula is C26H30N2O6S. The third-order valence-electron chi connectivity index (χ3n) is 6.36.